The molecule has 0 saturated heterocycles. The second-order valence-corrected chi connectivity index (χ2v) is 9.93. The van der Waals surface area contributed by atoms with Crippen LogP contribution in [-0.2, 0) is 16.1 Å². The molecular weight excluding hydrogens is 646 g/mol. The lowest BCUT2D eigenvalue weighted by molar-refractivity contribution is -0.385. The fourth-order valence-corrected chi connectivity index (χ4v) is 4.27. The number of aromatic amines is 2. The summed E-state index contributed by atoms with van der Waals surface area (Å²) < 4.78 is 11.8. The van der Waals surface area contributed by atoms with Crippen LogP contribution in [0, 0.1) is 30.3 Å². The highest BCUT2D eigenvalue weighted by molar-refractivity contribution is 6.06. The molecule has 0 atom stereocenters. The molecular formula is C31H27N7O11. The molecule has 2 aromatic heterocycles. The average molecular weight is 674 g/mol. The number of aromatic nitrogens is 4. The van der Waals surface area contributed by atoms with Crippen molar-refractivity contribution in [2.75, 3.05) is 13.2 Å². The quantitative estimate of drug-likeness (QED) is 0.0700. The molecule has 18 heteroatoms. The highest BCUT2D eigenvalue weighted by Crippen LogP contribution is 2.27. The third-order valence-electron chi connectivity index (χ3n) is 6.67. The number of nitrogens with one attached hydrogen (secondary N) is 2. The lowest BCUT2D eigenvalue weighted by atomic mass is 10.1. The molecule has 0 saturated carbocycles. The number of ether oxygens (including phenoxy) is 2. The van der Waals surface area contributed by atoms with Gasteiger partial charge in [0.05, 0.1) is 39.3 Å². The van der Waals surface area contributed by atoms with Crippen LogP contribution < -0.4 is 10.3 Å². The van der Waals surface area contributed by atoms with E-state index in [1.807, 2.05) is 6.07 Å². The number of carbonyl (C=O) groups is 2. The van der Waals surface area contributed by atoms with E-state index in [-0.39, 0.29) is 41.2 Å². The number of nitro groups is 3. The molecule has 1 aliphatic heterocycles. The van der Waals surface area contributed by atoms with E-state index in [1.54, 1.807) is 35.9 Å². The van der Waals surface area contributed by atoms with Gasteiger partial charge in [-0.1, -0.05) is 0 Å². The fraction of sp³-hybridized carbons (Fsp3) is 0.161. The molecule has 0 aliphatic carbocycles. The van der Waals surface area contributed by atoms with Crippen molar-refractivity contribution >= 4 is 28.8 Å². The number of nitro benzene ring substituents is 3. The van der Waals surface area contributed by atoms with Crippen LogP contribution in [0.4, 0.5) is 17.1 Å². The Morgan fingerprint density at radius 1 is 0.816 bits per heavy atom. The summed E-state index contributed by atoms with van der Waals surface area (Å²) in [5.41, 5.74) is 2.97. The first kappa shape index (κ1) is 34.9. The van der Waals surface area contributed by atoms with Crippen LogP contribution >= 0.6 is 0 Å². The van der Waals surface area contributed by atoms with Gasteiger partial charge in [-0.15, -0.1) is 0 Å². The summed E-state index contributed by atoms with van der Waals surface area (Å²) in [6, 6.07) is 20.6. The Balaban J connectivity index is 0.000000166. The molecule has 0 amide bonds. The van der Waals surface area contributed by atoms with Gasteiger partial charge in [-0.3, -0.25) is 54.9 Å². The highest BCUT2D eigenvalue weighted by Gasteiger charge is 2.17. The molecule has 18 nitrogen and oxygen atoms in total. The van der Waals surface area contributed by atoms with E-state index >= 15 is 0 Å². The molecule has 3 heterocycles. The molecule has 49 heavy (non-hydrogen) atoms. The Bertz CT molecular complexity index is 1990. The number of benzene rings is 3. The Morgan fingerprint density at radius 2 is 1.35 bits per heavy atom. The smallest absolute Gasteiger partial charge is 0.313 e. The van der Waals surface area contributed by atoms with Gasteiger partial charge in [0.1, 0.15) is 13.0 Å². The van der Waals surface area contributed by atoms with Gasteiger partial charge in [0.2, 0.25) is 5.88 Å². The van der Waals surface area contributed by atoms with Crippen molar-refractivity contribution in [2.45, 2.75) is 19.9 Å². The Morgan fingerprint density at radius 3 is 1.82 bits per heavy atom. The Hall–Kier alpha value is -6.98. The van der Waals surface area contributed by atoms with E-state index in [1.165, 1.54) is 54.6 Å². The number of rotatable bonds is 9. The van der Waals surface area contributed by atoms with Crippen molar-refractivity contribution in [1.82, 2.24) is 20.0 Å². The number of hydrogen-bond donors (Lipinski definition) is 2. The van der Waals surface area contributed by atoms with Crippen molar-refractivity contribution in [3.05, 3.63) is 131 Å². The van der Waals surface area contributed by atoms with Gasteiger partial charge >= 0.3 is 5.97 Å². The van der Waals surface area contributed by atoms with E-state index < -0.39 is 26.5 Å². The second-order valence-electron chi connectivity index (χ2n) is 9.93. The van der Waals surface area contributed by atoms with Crippen molar-refractivity contribution in [3.63, 3.8) is 0 Å². The molecule has 3 aromatic carbocycles. The van der Waals surface area contributed by atoms with E-state index in [2.05, 4.69) is 20.0 Å². The third kappa shape index (κ3) is 9.51. The molecule has 2 N–H and O–H groups in total. The molecule has 5 aromatic rings. The summed E-state index contributed by atoms with van der Waals surface area (Å²) in [5, 5.41) is 40.7. The fourth-order valence-electron chi connectivity index (χ4n) is 4.27. The summed E-state index contributed by atoms with van der Waals surface area (Å²) in [6.07, 6.45) is -0.356. The van der Waals surface area contributed by atoms with Crippen LogP contribution in [0.5, 0.6) is 5.88 Å². The van der Waals surface area contributed by atoms with E-state index in [0.717, 1.165) is 29.2 Å². The molecule has 0 fully saturated rings. The van der Waals surface area contributed by atoms with E-state index in [4.69, 9.17) is 4.74 Å². The van der Waals surface area contributed by atoms with Crippen LogP contribution in [0.15, 0.2) is 89.7 Å². The number of ketones is 1. The summed E-state index contributed by atoms with van der Waals surface area (Å²) in [7, 11) is 0. The van der Waals surface area contributed by atoms with E-state index in [0.29, 0.717) is 12.3 Å². The number of nitrogens with zero attached hydrogens (tertiary/aromatic N) is 5. The van der Waals surface area contributed by atoms with Crippen molar-refractivity contribution in [2.24, 2.45) is 0 Å². The summed E-state index contributed by atoms with van der Waals surface area (Å²) >= 11 is 0. The lowest BCUT2D eigenvalue weighted by Crippen LogP contribution is -2.11. The number of esters is 1. The monoisotopic (exact) mass is 673 g/mol. The molecule has 0 spiro atoms. The first-order chi connectivity index (χ1) is 23.4. The molecule has 6 rings (SSSR count). The van der Waals surface area contributed by atoms with Crippen LogP contribution in [0.2, 0.25) is 0 Å². The minimum atomic E-state index is -0.601. The van der Waals surface area contributed by atoms with Gasteiger partial charge in [0.15, 0.2) is 5.78 Å². The number of Topliss-reactive ketones (excluding diaryl/α,β-unsaturated/α-hetero) is 1. The summed E-state index contributed by atoms with van der Waals surface area (Å²) in [6.45, 7) is 3.27. The van der Waals surface area contributed by atoms with Crippen LogP contribution in [0.1, 0.15) is 23.7 Å². The molecule has 0 bridgehead atoms. The number of fused-ring (bicyclic) bond motifs is 1. The zero-order valence-electron chi connectivity index (χ0n) is 25.6. The summed E-state index contributed by atoms with van der Waals surface area (Å²) in [4.78, 5) is 63.3. The maximum atomic E-state index is 11.5. The SMILES string of the molecule is CCOC(=O)CC(=O)c1ccc([N+](=O)[O-])cc1.O=[N+]([O-])c1ccc(-c2cc3n(n2)CCO3)cc1.O=c1cc(-c2ccc([N+](=O)[O-])cc2)[nH][nH]1. The number of hydrogen-bond acceptors (Lipinski definition) is 12. The minimum absolute atomic E-state index is 0.0247. The van der Waals surface area contributed by atoms with Gasteiger partial charge in [-0.2, -0.15) is 5.10 Å². The van der Waals surface area contributed by atoms with Gasteiger partial charge in [-0.25, -0.2) is 4.68 Å². The number of H-pyrrole nitrogens is 2. The van der Waals surface area contributed by atoms with Crippen LogP contribution in [0.25, 0.3) is 22.5 Å². The molecule has 1 aliphatic rings. The van der Waals surface area contributed by atoms with Gasteiger partial charge in [-0.05, 0) is 43.3 Å². The maximum absolute atomic E-state index is 11.5. The number of non-ortho nitro benzene ring substituents is 3. The van der Waals surface area contributed by atoms with Crippen molar-refractivity contribution in [3.8, 4) is 28.4 Å². The second kappa shape index (κ2) is 16.0. The standard InChI is InChI=1S/C11H9N3O3.C11H11NO5.C9H7N3O3/c15-14(16)9-3-1-8(2-4-9)10-7-11-13(12-10)5-6-17-11;1-2-17-11(14)7-10(13)8-3-5-9(6-4-8)12(15)16;13-9-5-8(10-11-9)6-1-3-7(4-2-6)12(14)15/h1-4,7H,5-6H2;3-6H,2,7H2,1H3;1-5H,(H2,10,11,13). The van der Waals surface area contributed by atoms with E-state index in [9.17, 15) is 44.7 Å². The van der Waals surface area contributed by atoms with Crippen LogP contribution in [-0.4, -0.2) is 59.7 Å². The Labute approximate surface area is 275 Å². The summed E-state index contributed by atoms with van der Waals surface area (Å²) in [5.74, 6) is -0.271. The predicted molar refractivity (Wildman–Crippen MR) is 172 cm³/mol. The molecule has 252 valence electrons. The zero-order valence-corrected chi connectivity index (χ0v) is 25.6. The normalized spacial score (nSPS) is 11.0. The first-order valence-electron chi connectivity index (χ1n) is 14.4. The van der Waals surface area contributed by atoms with Crippen molar-refractivity contribution < 1.29 is 33.8 Å². The third-order valence-corrected chi connectivity index (χ3v) is 6.67. The Kier molecular flexibility index (Phi) is 11.4. The average Bonchev–Trinajstić information content (AvgIpc) is 3.83. The minimum Gasteiger partial charge on any atom is -0.476 e. The van der Waals surface area contributed by atoms with Gasteiger partial charge < -0.3 is 9.47 Å². The first-order valence-corrected chi connectivity index (χ1v) is 14.4. The highest BCUT2D eigenvalue weighted by atomic mass is 16.6. The zero-order chi connectivity index (χ0) is 35.5. The van der Waals surface area contributed by atoms with Gasteiger partial charge in [0, 0.05) is 65.2 Å². The largest absolute Gasteiger partial charge is 0.476 e. The van der Waals surface area contributed by atoms with Gasteiger partial charge in [0.25, 0.3) is 22.6 Å². The number of carbonyl (C=O) groups excluding carboxylic acids is 2. The van der Waals surface area contributed by atoms with Crippen LogP contribution in [0.3, 0.4) is 0 Å². The maximum Gasteiger partial charge on any atom is 0.313 e. The predicted octanol–water partition coefficient (Wildman–Crippen LogP) is 4.86. The molecule has 0 radical (unpaired) electrons. The topological polar surface area (TPSA) is 248 Å². The van der Waals surface area contributed by atoms with Crippen molar-refractivity contribution in [1.29, 1.82) is 0 Å². The lowest BCUT2D eigenvalue weighted by Gasteiger charge is -2.01. The molecule has 0 unspecified atom stereocenters.